The van der Waals surface area contributed by atoms with Crippen molar-refractivity contribution in [3.8, 4) is 0 Å². The summed E-state index contributed by atoms with van der Waals surface area (Å²) in [5.41, 5.74) is 0. The number of amides is 1. The fraction of sp³-hybridized carbons (Fsp3) is 0.786. The highest BCUT2D eigenvalue weighted by atomic mass is 16.5. The summed E-state index contributed by atoms with van der Waals surface area (Å²) in [5.74, 6) is -2.26. The van der Waals surface area contributed by atoms with Crippen molar-refractivity contribution in [3.05, 3.63) is 0 Å². The molecule has 0 saturated heterocycles. The molecule has 122 valence electrons. The molecule has 7 heteroatoms. The van der Waals surface area contributed by atoms with Crippen molar-refractivity contribution in [1.82, 2.24) is 5.32 Å². The lowest BCUT2D eigenvalue weighted by Gasteiger charge is -2.21. The molecule has 0 aliphatic heterocycles. The minimum atomic E-state index is -1.20. The van der Waals surface area contributed by atoms with Crippen molar-refractivity contribution >= 4 is 17.8 Å². The molecule has 0 aliphatic carbocycles. The van der Waals surface area contributed by atoms with Crippen LogP contribution in [0.2, 0.25) is 0 Å². The van der Waals surface area contributed by atoms with Crippen molar-refractivity contribution in [2.45, 2.75) is 45.8 Å². The molecule has 0 saturated carbocycles. The van der Waals surface area contributed by atoms with Crippen LogP contribution in [0.15, 0.2) is 0 Å². The summed E-state index contributed by atoms with van der Waals surface area (Å²) in [5, 5.41) is 12.1. The SMILES string of the molecule is COC(=O)[C@H](C)C[C@H](NC(=O)[C@@H](O)CC(C)C)C(=O)OC. The number of carbonyl (C=O) groups is 3. The highest BCUT2D eigenvalue weighted by Gasteiger charge is 2.29. The van der Waals surface area contributed by atoms with E-state index < -0.39 is 35.9 Å². The van der Waals surface area contributed by atoms with Gasteiger partial charge in [0.1, 0.15) is 12.1 Å². The zero-order chi connectivity index (χ0) is 16.6. The van der Waals surface area contributed by atoms with Crippen LogP contribution in [0.3, 0.4) is 0 Å². The molecule has 1 amide bonds. The third-order valence-corrected chi connectivity index (χ3v) is 2.99. The van der Waals surface area contributed by atoms with Gasteiger partial charge in [0.25, 0.3) is 0 Å². The van der Waals surface area contributed by atoms with Crippen molar-refractivity contribution in [3.63, 3.8) is 0 Å². The van der Waals surface area contributed by atoms with E-state index >= 15 is 0 Å². The Morgan fingerprint density at radius 2 is 1.52 bits per heavy atom. The fourth-order valence-electron chi connectivity index (χ4n) is 1.83. The van der Waals surface area contributed by atoms with E-state index in [2.05, 4.69) is 14.8 Å². The molecule has 0 radical (unpaired) electrons. The summed E-state index contributed by atoms with van der Waals surface area (Å²) in [6, 6.07) is -1.00. The van der Waals surface area contributed by atoms with Gasteiger partial charge in [-0.05, 0) is 18.8 Å². The fourth-order valence-corrected chi connectivity index (χ4v) is 1.83. The molecule has 0 aromatic rings. The summed E-state index contributed by atoms with van der Waals surface area (Å²) >= 11 is 0. The van der Waals surface area contributed by atoms with E-state index in [1.165, 1.54) is 14.2 Å². The summed E-state index contributed by atoms with van der Waals surface area (Å²) in [7, 11) is 2.44. The van der Waals surface area contributed by atoms with Gasteiger partial charge >= 0.3 is 11.9 Å². The standard InChI is InChI=1S/C14H25NO6/c1-8(2)6-11(16)12(17)15-10(14(19)21-5)7-9(3)13(18)20-4/h8-11,16H,6-7H2,1-5H3,(H,15,17)/t9-,10+,11+/m1/s1. The number of aliphatic hydroxyl groups excluding tert-OH is 1. The lowest BCUT2D eigenvalue weighted by Crippen LogP contribution is -2.47. The molecule has 0 aliphatic rings. The van der Waals surface area contributed by atoms with Gasteiger partial charge in [-0.3, -0.25) is 9.59 Å². The Morgan fingerprint density at radius 3 is 1.95 bits per heavy atom. The molecule has 2 N–H and O–H groups in total. The Labute approximate surface area is 125 Å². The molecule has 3 atom stereocenters. The molecule has 0 heterocycles. The highest BCUT2D eigenvalue weighted by molar-refractivity contribution is 5.87. The summed E-state index contributed by atoms with van der Waals surface area (Å²) in [6.07, 6.45) is -0.878. The Hall–Kier alpha value is -1.63. The average molecular weight is 303 g/mol. The van der Waals surface area contributed by atoms with Gasteiger partial charge < -0.3 is 19.9 Å². The van der Waals surface area contributed by atoms with E-state index in [0.717, 1.165) is 0 Å². The quantitative estimate of drug-likeness (QED) is 0.623. The third kappa shape index (κ3) is 7.08. The van der Waals surface area contributed by atoms with Crippen LogP contribution in [0.4, 0.5) is 0 Å². The molecule has 0 unspecified atom stereocenters. The number of aliphatic hydroxyl groups is 1. The predicted octanol–water partition coefficient (Wildman–Crippen LogP) is 0.250. The number of methoxy groups -OCH3 is 2. The molecule has 21 heavy (non-hydrogen) atoms. The van der Waals surface area contributed by atoms with Gasteiger partial charge in [0.05, 0.1) is 20.1 Å². The number of hydrogen-bond donors (Lipinski definition) is 2. The smallest absolute Gasteiger partial charge is 0.328 e. The number of ether oxygens (including phenoxy) is 2. The summed E-state index contributed by atoms with van der Waals surface area (Å²) in [6.45, 7) is 5.32. The lowest BCUT2D eigenvalue weighted by molar-refractivity contribution is -0.149. The molecule has 0 rings (SSSR count). The zero-order valence-electron chi connectivity index (χ0n) is 13.2. The van der Waals surface area contributed by atoms with Crippen LogP contribution >= 0.6 is 0 Å². The molecule has 0 aromatic carbocycles. The van der Waals surface area contributed by atoms with Crippen LogP contribution in [0.5, 0.6) is 0 Å². The first-order valence-corrected chi connectivity index (χ1v) is 6.87. The van der Waals surface area contributed by atoms with Crippen molar-refractivity contribution in [1.29, 1.82) is 0 Å². The van der Waals surface area contributed by atoms with Crippen LogP contribution in [0, 0.1) is 11.8 Å². The van der Waals surface area contributed by atoms with Crippen LogP contribution in [-0.4, -0.2) is 49.3 Å². The van der Waals surface area contributed by atoms with Crippen LogP contribution in [0.1, 0.15) is 33.6 Å². The van der Waals surface area contributed by atoms with Gasteiger partial charge in [0.2, 0.25) is 5.91 Å². The van der Waals surface area contributed by atoms with Crippen LogP contribution in [-0.2, 0) is 23.9 Å². The lowest BCUT2D eigenvalue weighted by atomic mass is 10.0. The van der Waals surface area contributed by atoms with Gasteiger partial charge in [-0.15, -0.1) is 0 Å². The number of rotatable bonds is 8. The van der Waals surface area contributed by atoms with Crippen LogP contribution < -0.4 is 5.32 Å². The normalized spacial score (nSPS) is 15.0. The second kappa shape index (κ2) is 9.33. The second-order valence-corrected chi connectivity index (χ2v) is 5.39. The zero-order valence-corrected chi connectivity index (χ0v) is 13.2. The predicted molar refractivity (Wildman–Crippen MR) is 75.2 cm³/mol. The van der Waals surface area contributed by atoms with Crippen LogP contribution in [0.25, 0.3) is 0 Å². The number of nitrogens with one attached hydrogen (secondary N) is 1. The Balaban J connectivity index is 4.74. The number of hydrogen-bond acceptors (Lipinski definition) is 6. The summed E-state index contributed by atoms with van der Waals surface area (Å²) < 4.78 is 9.18. The van der Waals surface area contributed by atoms with Gasteiger partial charge in [-0.1, -0.05) is 20.8 Å². The molecular formula is C14H25NO6. The molecule has 7 nitrogen and oxygen atoms in total. The van der Waals surface area contributed by atoms with E-state index in [0.29, 0.717) is 0 Å². The van der Waals surface area contributed by atoms with Crippen molar-refractivity contribution < 1.29 is 29.0 Å². The minimum Gasteiger partial charge on any atom is -0.469 e. The van der Waals surface area contributed by atoms with Gasteiger partial charge in [0.15, 0.2) is 0 Å². The minimum absolute atomic E-state index is 0.0412. The van der Waals surface area contributed by atoms with Gasteiger partial charge in [0, 0.05) is 0 Å². The topological polar surface area (TPSA) is 102 Å². The van der Waals surface area contributed by atoms with Gasteiger partial charge in [-0.2, -0.15) is 0 Å². The summed E-state index contributed by atoms with van der Waals surface area (Å²) in [4.78, 5) is 34.9. The second-order valence-electron chi connectivity index (χ2n) is 5.39. The maximum absolute atomic E-state index is 11.8. The van der Waals surface area contributed by atoms with E-state index in [4.69, 9.17) is 0 Å². The first kappa shape index (κ1) is 19.4. The van der Waals surface area contributed by atoms with E-state index in [1.807, 2.05) is 13.8 Å². The molecule has 0 aromatic heterocycles. The molecule has 0 bridgehead atoms. The molecule has 0 spiro atoms. The average Bonchev–Trinajstić information content (AvgIpc) is 2.43. The first-order valence-electron chi connectivity index (χ1n) is 6.87. The molecular weight excluding hydrogens is 278 g/mol. The Bertz CT molecular complexity index is 368. The monoisotopic (exact) mass is 303 g/mol. The van der Waals surface area contributed by atoms with E-state index in [1.54, 1.807) is 6.92 Å². The number of carbonyl (C=O) groups excluding carboxylic acids is 3. The van der Waals surface area contributed by atoms with Crippen molar-refractivity contribution in [2.75, 3.05) is 14.2 Å². The maximum atomic E-state index is 11.8. The highest BCUT2D eigenvalue weighted by Crippen LogP contribution is 2.11. The van der Waals surface area contributed by atoms with E-state index in [9.17, 15) is 19.5 Å². The first-order chi connectivity index (χ1) is 9.72. The maximum Gasteiger partial charge on any atom is 0.328 e. The third-order valence-electron chi connectivity index (χ3n) is 2.99. The number of esters is 2. The van der Waals surface area contributed by atoms with Crippen molar-refractivity contribution in [2.24, 2.45) is 11.8 Å². The largest absolute Gasteiger partial charge is 0.469 e. The Morgan fingerprint density at radius 1 is 1.00 bits per heavy atom. The van der Waals surface area contributed by atoms with Gasteiger partial charge in [-0.25, -0.2) is 4.79 Å². The molecule has 0 fully saturated rings. The Kier molecular flexibility index (Phi) is 8.61. The van der Waals surface area contributed by atoms with E-state index in [-0.39, 0.29) is 18.8 Å².